The third kappa shape index (κ3) is 4.44. The molecule has 0 saturated carbocycles. The van der Waals surface area contributed by atoms with Gasteiger partial charge in [-0.15, -0.1) is 0 Å². The van der Waals surface area contributed by atoms with Crippen LogP contribution in [0.1, 0.15) is 0 Å². The molecule has 1 aliphatic heterocycles. The fourth-order valence-corrected chi connectivity index (χ4v) is 2.84. The quantitative estimate of drug-likeness (QED) is 0.453. The van der Waals surface area contributed by atoms with Crippen LogP contribution in [0.15, 0.2) is 12.7 Å². The molecule has 6 heteroatoms. The monoisotopic (exact) mass is 234 g/mol. The third-order valence-electron chi connectivity index (χ3n) is 2.40. The molecule has 86 valence electrons. The van der Waals surface area contributed by atoms with Crippen molar-refractivity contribution < 1.29 is 22.8 Å². The summed E-state index contributed by atoms with van der Waals surface area (Å²) in [6.45, 7) is 5.48. The first-order valence-electron chi connectivity index (χ1n) is 4.87. The number of sulfone groups is 1. The molecule has 0 radical (unpaired) electrons. The molecule has 15 heavy (non-hydrogen) atoms. The number of carbonyl (C=O) groups is 1. The zero-order valence-electron chi connectivity index (χ0n) is 8.57. The van der Waals surface area contributed by atoms with Gasteiger partial charge in [-0.1, -0.05) is 6.58 Å². The Bertz CT molecular complexity index is 322. The standard InChI is InChI=1S/C9H15NO4S/c1-2-9(11)14-6-3-10-4-7-15(12,13)8-5-10/h2H,1,3-8H2/p+1. The molecule has 0 aromatic carbocycles. The number of hydrogen-bond acceptors (Lipinski definition) is 4. The van der Waals surface area contributed by atoms with E-state index in [2.05, 4.69) is 6.58 Å². The summed E-state index contributed by atoms with van der Waals surface area (Å²) < 4.78 is 27.0. The summed E-state index contributed by atoms with van der Waals surface area (Å²) >= 11 is 0. The van der Waals surface area contributed by atoms with Crippen LogP contribution in [0, 0.1) is 0 Å². The molecule has 1 fully saturated rings. The highest BCUT2D eigenvalue weighted by Gasteiger charge is 2.24. The number of quaternary nitrogens is 1. The Labute approximate surface area is 89.6 Å². The average Bonchev–Trinajstić information content (AvgIpc) is 2.20. The number of hydrogen-bond donors (Lipinski definition) is 1. The maximum absolute atomic E-state index is 11.1. The van der Waals surface area contributed by atoms with Crippen molar-refractivity contribution in [2.24, 2.45) is 0 Å². The summed E-state index contributed by atoms with van der Waals surface area (Å²) in [4.78, 5) is 11.9. The molecule has 0 aliphatic carbocycles. The van der Waals surface area contributed by atoms with Crippen molar-refractivity contribution >= 4 is 15.8 Å². The Balaban J connectivity index is 2.19. The lowest BCUT2D eigenvalue weighted by atomic mass is 10.5. The van der Waals surface area contributed by atoms with Crippen molar-refractivity contribution in [3.63, 3.8) is 0 Å². The van der Waals surface area contributed by atoms with Gasteiger partial charge in [0.1, 0.15) is 13.2 Å². The summed E-state index contributed by atoms with van der Waals surface area (Å²) in [5.41, 5.74) is 0. The molecule has 1 rings (SSSR count). The van der Waals surface area contributed by atoms with Gasteiger partial charge >= 0.3 is 5.97 Å². The van der Waals surface area contributed by atoms with E-state index in [4.69, 9.17) is 4.74 Å². The molecule has 0 bridgehead atoms. The van der Waals surface area contributed by atoms with Crippen molar-refractivity contribution in [2.75, 3.05) is 37.7 Å². The van der Waals surface area contributed by atoms with E-state index >= 15 is 0 Å². The normalized spacial score (nSPS) is 20.8. The zero-order chi connectivity index (χ0) is 11.3. The fraction of sp³-hybridized carbons (Fsp3) is 0.667. The molecule has 0 aromatic heterocycles. The molecular weight excluding hydrogens is 218 g/mol. The summed E-state index contributed by atoms with van der Waals surface area (Å²) in [6, 6.07) is 0. The van der Waals surface area contributed by atoms with Gasteiger partial charge in [-0.3, -0.25) is 0 Å². The van der Waals surface area contributed by atoms with E-state index in [1.807, 2.05) is 0 Å². The average molecular weight is 234 g/mol. The molecule has 1 N–H and O–H groups in total. The molecule has 0 amide bonds. The van der Waals surface area contributed by atoms with E-state index < -0.39 is 15.8 Å². The first-order chi connectivity index (χ1) is 7.03. The van der Waals surface area contributed by atoms with E-state index in [0.717, 1.165) is 6.08 Å². The number of ether oxygens (including phenoxy) is 1. The van der Waals surface area contributed by atoms with E-state index in [1.54, 1.807) is 0 Å². The lowest BCUT2D eigenvalue weighted by Gasteiger charge is -2.23. The maximum atomic E-state index is 11.1. The largest absolute Gasteiger partial charge is 0.457 e. The number of carbonyl (C=O) groups excluding carboxylic acids is 1. The van der Waals surface area contributed by atoms with Crippen LogP contribution in [-0.4, -0.2) is 52.1 Å². The van der Waals surface area contributed by atoms with Crippen LogP contribution in [0.4, 0.5) is 0 Å². The van der Waals surface area contributed by atoms with E-state index in [-0.39, 0.29) is 11.5 Å². The van der Waals surface area contributed by atoms with Crippen molar-refractivity contribution in [3.05, 3.63) is 12.7 Å². The smallest absolute Gasteiger partial charge is 0.330 e. The van der Waals surface area contributed by atoms with Crippen LogP contribution in [0.25, 0.3) is 0 Å². The lowest BCUT2D eigenvalue weighted by Crippen LogP contribution is -3.14. The first-order valence-corrected chi connectivity index (χ1v) is 6.69. The Hall–Kier alpha value is -0.880. The van der Waals surface area contributed by atoms with Crippen LogP contribution < -0.4 is 4.90 Å². The van der Waals surface area contributed by atoms with Crippen LogP contribution >= 0.6 is 0 Å². The van der Waals surface area contributed by atoms with E-state index in [9.17, 15) is 13.2 Å². The molecule has 5 nitrogen and oxygen atoms in total. The fourth-order valence-electron chi connectivity index (χ4n) is 1.43. The Kier molecular flexibility index (Phi) is 4.28. The Morgan fingerprint density at radius 1 is 1.40 bits per heavy atom. The van der Waals surface area contributed by atoms with Gasteiger partial charge in [-0.2, -0.15) is 0 Å². The van der Waals surface area contributed by atoms with Crippen molar-refractivity contribution in [3.8, 4) is 0 Å². The van der Waals surface area contributed by atoms with E-state index in [0.29, 0.717) is 26.2 Å². The van der Waals surface area contributed by atoms with Crippen LogP contribution in [0.2, 0.25) is 0 Å². The van der Waals surface area contributed by atoms with E-state index in [1.165, 1.54) is 4.90 Å². The second-order valence-electron chi connectivity index (χ2n) is 3.52. The Morgan fingerprint density at radius 2 is 2.00 bits per heavy atom. The van der Waals surface area contributed by atoms with Gasteiger partial charge in [-0.05, 0) is 0 Å². The second kappa shape index (κ2) is 5.27. The topological polar surface area (TPSA) is 64.9 Å². The number of rotatable bonds is 4. The minimum Gasteiger partial charge on any atom is -0.457 e. The van der Waals surface area contributed by atoms with Gasteiger partial charge in [0.25, 0.3) is 0 Å². The van der Waals surface area contributed by atoms with Gasteiger partial charge in [0, 0.05) is 6.08 Å². The first kappa shape index (κ1) is 12.2. The van der Waals surface area contributed by atoms with Gasteiger partial charge in [0.05, 0.1) is 24.6 Å². The third-order valence-corrected chi connectivity index (χ3v) is 4.05. The molecule has 0 aromatic rings. The van der Waals surface area contributed by atoms with Gasteiger partial charge < -0.3 is 9.64 Å². The molecule has 1 saturated heterocycles. The maximum Gasteiger partial charge on any atom is 0.330 e. The summed E-state index contributed by atoms with van der Waals surface area (Å²) in [7, 11) is -2.81. The minimum atomic E-state index is -2.81. The molecule has 0 unspecified atom stereocenters. The van der Waals surface area contributed by atoms with Gasteiger partial charge in [0.2, 0.25) is 0 Å². The van der Waals surface area contributed by atoms with Gasteiger partial charge in [0.15, 0.2) is 9.84 Å². The highest BCUT2D eigenvalue weighted by Crippen LogP contribution is 1.89. The van der Waals surface area contributed by atoms with Gasteiger partial charge in [-0.25, -0.2) is 13.2 Å². The van der Waals surface area contributed by atoms with Crippen LogP contribution in [-0.2, 0) is 19.4 Å². The van der Waals surface area contributed by atoms with Crippen molar-refractivity contribution in [1.82, 2.24) is 0 Å². The van der Waals surface area contributed by atoms with Crippen LogP contribution in [0.3, 0.4) is 0 Å². The molecule has 0 spiro atoms. The zero-order valence-corrected chi connectivity index (χ0v) is 9.38. The highest BCUT2D eigenvalue weighted by molar-refractivity contribution is 7.91. The predicted octanol–water partition coefficient (Wildman–Crippen LogP) is -1.97. The molecule has 1 aliphatic rings. The SMILES string of the molecule is C=CC(=O)OCC[NH+]1CCS(=O)(=O)CC1. The number of esters is 1. The second-order valence-corrected chi connectivity index (χ2v) is 5.83. The minimum absolute atomic E-state index is 0.234. The molecule has 0 atom stereocenters. The summed E-state index contributed by atoms with van der Waals surface area (Å²) in [5, 5.41) is 0. The molecular formula is C9H16NO4S+. The Morgan fingerprint density at radius 3 is 2.53 bits per heavy atom. The highest BCUT2D eigenvalue weighted by atomic mass is 32.2. The molecule has 1 heterocycles. The lowest BCUT2D eigenvalue weighted by molar-refractivity contribution is -0.896. The van der Waals surface area contributed by atoms with Crippen molar-refractivity contribution in [2.45, 2.75) is 0 Å². The van der Waals surface area contributed by atoms with Crippen LogP contribution in [0.5, 0.6) is 0 Å². The summed E-state index contributed by atoms with van der Waals surface area (Å²) in [5.74, 6) is 0.0363. The summed E-state index contributed by atoms with van der Waals surface area (Å²) in [6.07, 6.45) is 1.12. The van der Waals surface area contributed by atoms with Crippen molar-refractivity contribution in [1.29, 1.82) is 0 Å². The predicted molar refractivity (Wildman–Crippen MR) is 55.4 cm³/mol. The number of nitrogens with one attached hydrogen (secondary N) is 1.